The molecule has 45 heavy (non-hydrogen) atoms. The summed E-state index contributed by atoms with van der Waals surface area (Å²) < 4.78 is 17.8. The number of nitrogens with zero attached hydrogens (tertiary/aromatic N) is 2. The van der Waals surface area contributed by atoms with Crippen molar-refractivity contribution < 1.29 is 24.1 Å². The fraction of sp³-hybridized carbons (Fsp3) is 0.286. The summed E-state index contributed by atoms with van der Waals surface area (Å²) in [6, 6.07) is 17.1. The number of nitriles is 1. The number of halogens is 2. The molecule has 1 aliphatic heterocycles. The minimum Gasteiger partial charge on any atom is -0.489 e. The number of nitrogens with one attached hydrogen (secondary N) is 1. The first kappa shape index (κ1) is 30.7. The van der Waals surface area contributed by atoms with Crippen molar-refractivity contribution in [3.63, 3.8) is 0 Å². The molecular formula is C35H31Cl2N3O5. The summed E-state index contributed by atoms with van der Waals surface area (Å²) in [5.41, 5.74) is 7.42. The molecule has 2 heterocycles. The van der Waals surface area contributed by atoms with Gasteiger partial charge in [-0.25, -0.2) is 0 Å². The number of rotatable bonds is 10. The van der Waals surface area contributed by atoms with Crippen molar-refractivity contribution in [2.24, 2.45) is 0 Å². The van der Waals surface area contributed by atoms with Crippen LogP contribution in [0.2, 0.25) is 10.0 Å². The third-order valence-electron chi connectivity index (χ3n) is 8.32. The van der Waals surface area contributed by atoms with E-state index in [1.54, 1.807) is 19.2 Å². The van der Waals surface area contributed by atoms with Gasteiger partial charge in [-0.3, -0.25) is 9.78 Å². The number of pyridine rings is 1. The summed E-state index contributed by atoms with van der Waals surface area (Å²) in [7, 11) is 0. The fourth-order valence-electron chi connectivity index (χ4n) is 5.96. The lowest BCUT2D eigenvalue weighted by Gasteiger charge is -2.21. The largest absolute Gasteiger partial charge is 0.489 e. The molecule has 10 heteroatoms. The van der Waals surface area contributed by atoms with Crippen LogP contribution in [0.1, 0.15) is 52.6 Å². The van der Waals surface area contributed by atoms with E-state index < -0.39 is 12.0 Å². The van der Waals surface area contributed by atoms with E-state index in [-0.39, 0.29) is 19.1 Å². The normalized spacial score (nSPS) is 15.6. The second-order valence-corrected chi connectivity index (χ2v) is 12.0. The molecule has 0 bridgehead atoms. The Bertz CT molecular complexity index is 1810. The fourth-order valence-corrected chi connectivity index (χ4v) is 6.54. The number of carboxylic acid groups (broad SMARTS) is 1. The van der Waals surface area contributed by atoms with Crippen LogP contribution in [0.15, 0.2) is 60.9 Å². The highest BCUT2D eigenvalue weighted by Crippen LogP contribution is 2.47. The molecule has 0 saturated carbocycles. The molecule has 0 fully saturated rings. The molecule has 230 valence electrons. The van der Waals surface area contributed by atoms with E-state index in [9.17, 15) is 15.2 Å². The number of aliphatic carboxylic acids is 1. The number of fused-ring (bicyclic) bond motifs is 2. The number of carboxylic acids is 1. The van der Waals surface area contributed by atoms with Gasteiger partial charge in [0.25, 0.3) is 0 Å². The zero-order chi connectivity index (χ0) is 31.5. The highest BCUT2D eigenvalue weighted by molar-refractivity contribution is 6.35. The molecule has 1 unspecified atom stereocenters. The third-order valence-corrected chi connectivity index (χ3v) is 9.04. The molecule has 0 radical (unpaired) electrons. The molecule has 0 saturated heterocycles. The smallest absolute Gasteiger partial charge is 0.320 e. The highest BCUT2D eigenvalue weighted by Gasteiger charge is 2.28. The molecule has 3 aromatic carbocycles. The van der Waals surface area contributed by atoms with E-state index in [4.69, 9.17) is 37.4 Å². The van der Waals surface area contributed by atoms with Crippen LogP contribution >= 0.6 is 23.2 Å². The second kappa shape index (κ2) is 13.4. The molecule has 8 nitrogen and oxygen atoms in total. The molecular weight excluding hydrogens is 613 g/mol. The predicted molar refractivity (Wildman–Crippen MR) is 171 cm³/mol. The van der Waals surface area contributed by atoms with E-state index in [1.807, 2.05) is 24.3 Å². The average molecular weight is 645 g/mol. The van der Waals surface area contributed by atoms with Crippen LogP contribution in [0, 0.1) is 11.3 Å². The summed E-state index contributed by atoms with van der Waals surface area (Å²) in [4.78, 5) is 15.5. The number of ether oxygens (including phenoxy) is 3. The molecule has 2 aliphatic rings. The van der Waals surface area contributed by atoms with Gasteiger partial charge in [0, 0.05) is 40.7 Å². The molecule has 0 amide bonds. The molecule has 1 aromatic heterocycles. The standard InChI is InChI=1S/C35H31Cl2N3O5/c1-20(35(41)42)40-18-25-13-30(36)24(14-32(25)45-19-22-11-21(15-38)16-39-17-22)12-23-5-6-28-26(23)3-2-4-27(28)29-7-8-31-34(33(29)37)44-10-9-43-31/h2-4,7-8,11,13-14,16-17,20,23,40H,5-6,9-10,12,18-19H2,1H3,(H,41,42)/t20?,23-/m1/s1. The third kappa shape index (κ3) is 6.57. The number of benzene rings is 3. The first-order valence-corrected chi connectivity index (χ1v) is 15.5. The molecule has 1 aliphatic carbocycles. The quantitative estimate of drug-likeness (QED) is 0.188. The van der Waals surface area contributed by atoms with Gasteiger partial charge >= 0.3 is 5.97 Å². The summed E-state index contributed by atoms with van der Waals surface area (Å²) in [5.74, 6) is 1.13. The SMILES string of the molecule is CC(NCc1cc(Cl)c(C[C@H]2CCc3c(-c4ccc5c(c4Cl)OCCO5)cccc32)cc1OCc1cncc(C#N)c1)C(=O)O. The maximum atomic E-state index is 11.4. The summed E-state index contributed by atoms with van der Waals surface area (Å²) in [5, 5.41) is 22.8. The van der Waals surface area contributed by atoms with E-state index >= 15 is 0 Å². The topological polar surface area (TPSA) is 114 Å². The van der Waals surface area contributed by atoms with Crippen molar-refractivity contribution >= 4 is 29.2 Å². The van der Waals surface area contributed by atoms with Crippen molar-refractivity contribution in [3.8, 4) is 34.4 Å². The average Bonchev–Trinajstić information content (AvgIpc) is 3.47. The Hall–Kier alpha value is -4.29. The Morgan fingerprint density at radius 3 is 2.80 bits per heavy atom. The van der Waals surface area contributed by atoms with E-state index in [2.05, 4.69) is 34.6 Å². The van der Waals surface area contributed by atoms with Crippen molar-refractivity contribution in [1.82, 2.24) is 10.3 Å². The van der Waals surface area contributed by atoms with Gasteiger partial charge in [-0.05, 0) is 84.7 Å². The van der Waals surface area contributed by atoms with Gasteiger partial charge in [-0.2, -0.15) is 5.26 Å². The molecule has 4 aromatic rings. The van der Waals surface area contributed by atoms with E-state index in [1.165, 1.54) is 17.3 Å². The van der Waals surface area contributed by atoms with Gasteiger partial charge in [0.05, 0.1) is 10.6 Å². The van der Waals surface area contributed by atoms with Crippen molar-refractivity contribution in [2.45, 2.75) is 51.3 Å². The maximum absolute atomic E-state index is 11.4. The van der Waals surface area contributed by atoms with Crippen molar-refractivity contribution in [2.75, 3.05) is 13.2 Å². The van der Waals surface area contributed by atoms with Gasteiger partial charge in [-0.15, -0.1) is 0 Å². The predicted octanol–water partition coefficient (Wildman–Crippen LogP) is 7.11. The minimum atomic E-state index is -0.948. The second-order valence-electron chi connectivity index (χ2n) is 11.2. The zero-order valence-corrected chi connectivity index (χ0v) is 26.1. The van der Waals surface area contributed by atoms with E-state index in [0.29, 0.717) is 52.5 Å². The van der Waals surface area contributed by atoms with Crippen LogP contribution in [0.4, 0.5) is 0 Å². The van der Waals surface area contributed by atoms with Crippen LogP contribution in [0.5, 0.6) is 17.2 Å². The minimum absolute atomic E-state index is 0.191. The summed E-state index contributed by atoms with van der Waals surface area (Å²) >= 11 is 13.7. The lowest BCUT2D eigenvalue weighted by atomic mass is 9.90. The van der Waals surface area contributed by atoms with Gasteiger partial charge in [-0.1, -0.05) is 41.4 Å². The molecule has 0 spiro atoms. The van der Waals surface area contributed by atoms with Gasteiger partial charge in [0.15, 0.2) is 11.5 Å². The number of hydrogen-bond donors (Lipinski definition) is 2. The lowest BCUT2D eigenvalue weighted by molar-refractivity contribution is -0.139. The Balaban J connectivity index is 1.28. The molecule has 2 N–H and O–H groups in total. The number of hydrogen-bond acceptors (Lipinski definition) is 7. The van der Waals surface area contributed by atoms with E-state index in [0.717, 1.165) is 40.7 Å². The van der Waals surface area contributed by atoms with Crippen LogP contribution < -0.4 is 19.5 Å². The zero-order valence-electron chi connectivity index (χ0n) is 24.6. The summed E-state index contributed by atoms with van der Waals surface area (Å²) in [6.07, 6.45) is 5.71. The van der Waals surface area contributed by atoms with Crippen LogP contribution in [0.25, 0.3) is 11.1 Å². The monoisotopic (exact) mass is 643 g/mol. The van der Waals surface area contributed by atoms with Gasteiger partial charge < -0.3 is 24.6 Å². The number of carbonyl (C=O) groups is 1. The van der Waals surface area contributed by atoms with Crippen molar-refractivity contribution in [3.05, 3.63) is 104 Å². The Kier molecular flexibility index (Phi) is 9.13. The van der Waals surface area contributed by atoms with Gasteiger partial charge in [0.1, 0.15) is 37.7 Å². The first-order valence-electron chi connectivity index (χ1n) is 14.8. The Labute approximate surface area is 271 Å². The molecule has 6 rings (SSSR count). The first-order chi connectivity index (χ1) is 21.8. The summed E-state index contributed by atoms with van der Waals surface area (Å²) in [6.45, 7) is 3.00. The van der Waals surface area contributed by atoms with Crippen molar-refractivity contribution in [1.29, 1.82) is 5.26 Å². The Morgan fingerprint density at radius 2 is 1.98 bits per heavy atom. The lowest BCUT2D eigenvalue weighted by Crippen LogP contribution is -2.33. The van der Waals surface area contributed by atoms with Crippen LogP contribution in [0.3, 0.4) is 0 Å². The molecule has 2 atom stereocenters. The van der Waals surface area contributed by atoms with Crippen LogP contribution in [-0.2, 0) is 30.8 Å². The Morgan fingerprint density at radius 1 is 1.13 bits per heavy atom. The highest BCUT2D eigenvalue weighted by atomic mass is 35.5. The van der Waals surface area contributed by atoms with Gasteiger partial charge in [0.2, 0.25) is 0 Å². The maximum Gasteiger partial charge on any atom is 0.320 e. The van der Waals surface area contributed by atoms with Crippen LogP contribution in [-0.4, -0.2) is 35.3 Å². The number of aromatic nitrogens is 1.